The SMILES string of the molecule is C=C(NC)C(=O)C(CC)CC(C)C. The lowest BCUT2D eigenvalue weighted by molar-refractivity contribution is -0.120. The molecule has 0 spiro atoms. The molecule has 0 aliphatic rings. The zero-order valence-electron chi connectivity index (χ0n) is 9.18. The Morgan fingerprint density at radius 1 is 1.46 bits per heavy atom. The summed E-state index contributed by atoms with van der Waals surface area (Å²) in [6.45, 7) is 10.0. The average Bonchev–Trinajstić information content (AvgIpc) is 2.11. The van der Waals surface area contributed by atoms with Gasteiger partial charge in [-0.1, -0.05) is 27.4 Å². The third-order valence-corrected chi connectivity index (χ3v) is 2.22. The molecule has 0 radical (unpaired) electrons. The minimum absolute atomic E-state index is 0.139. The van der Waals surface area contributed by atoms with Gasteiger partial charge in [0.05, 0.1) is 5.70 Å². The Balaban J connectivity index is 4.23. The summed E-state index contributed by atoms with van der Waals surface area (Å²) in [5.41, 5.74) is 0.535. The Labute approximate surface area is 81.4 Å². The minimum atomic E-state index is 0.139. The van der Waals surface area contributed by atoms with Crippen molar-refractivity contribution in [2.24, 2.45) is 11.8 Å². The largest absolute Gasteiger partial charge is 0.386 e. The van der Waals surface area contributed by atoms with Crippen LogP contribution in [-0.2, 0) is 4.79 Å². The molecule has 1 unspecified atom stereocenters. The van der Waals surface area contributed by atoms with Gasteiger partial charge < -0.3 is 5.32 Å². The fraction of sp³-hybridized carbons (Fsp3) is 0.727. The van der Waals surface area contributed by atoms with E-state index in [9.17, 15) is 4.79 Å². The van der Waals surface area contributed by atoms with Gasteiger partial charge in [-0.2, -0.15) is 0 Å². The monoisotopic (exact) mass is 183 g/mol. The summed E-state index contributed by atoms with van der Waals surface area (Å²) in [5.74, 6) is 0.872. The van der Waals surface area contributed by atoms with Gasteiger partial charge >= 0.3 is 0 Å². The predicted molar refractivity (Wildman–Crippen MR) is 56.4 cm³/mol. The second-order valence-corrected chi connectivity index (χ2v) is 3.83. The molecule has 2 heteroatoms. The number of hydrogen-bond donors (Lipinski definition) is 1. The van der Waals surface area contributed by atoms with E-state index in [1.807, 2.05) is 6.92 Å². The lowest BCUT2D eigenvalue weighted by Crippen LogP contribution is -2.23. The Bertz CT molecular complexity index is 185. The maximum atomic E-state index is 11.7. The van der Waals surface area contributed by atoms with E-state index in [-0.39, 0.29) is 11.7 Å². The summed E-state index contributed by atoms with van der Waals surface area (Å²) >= 11 is 0. The summed E-state index contributed by atoms with van der Waals surface area (Å²) in [4.78, 5) is 11.7. The number of ketones is 1. The Hall–Kier alpha value is -0.790. The highest BCUT2D eigenvalue weighted by Gasteiger charge is 2.19. The summed E-state index contributed by atoms with van der Waals surface area (Å²) < 4.78 is 0. The standard InChI is InChI=1S/C11H21NO/c1-6-10(7-8(2)3)11(13)9(4)12-5/h8,10,12H,4,6-7H2,1-3,5H3. The molecule has 0 fully saturated rings. The molecule has 1 N–H and O–H groups in total. The van der Waals surface area contributed by atoms with Crippen LogP contribution in [0, 0.1) is 11.8 Å². The number of allylic oxidation sites excluding steroid dienone is 1. The number of nitrogens with one attached hydrogen (secondary N) is 1. The molecule has 76 valence electrons. The van der Waals surface area contributed by atoms with Crippen LogP contribution in [-0.4, -0.2) is 12.8 Å². The lowest BCUT2D eigenvalue weighted by atomic mass is 9.90. The molecule has 0 aromatic heterocycles. The number of likely N-dealkylation sites (N-methyl/N-ethyl adjacent to an activating group) is 1. The number of hydrogen-bond acceptors (Lipinski definition) is 2. The van der Waals surface area contributed by atoms with Crippen molar-refractivity contribution in [1.82, 2.24) is 5.32 Å². The Morgan fingerprint density at radius 3 is 2.31 bits per heavy atom. The van der Waals surface area contributed by atoms with Gasteiger partial charge in [0.25, 0.3) is 0 Å². The highest BCUT2D eigenvalue weighted by atomic mass is 16.1. The first-order chi connectivity index (χ1) is 6.02. The van der Waals surface area contributed by atoms with Crippen LogP contribution in [0.2, 0.25) is 0 Å². The fourth-order valence-corrected chi connectivity index (χ4v) is 1.40. The molecule has 0 aliphatic carbocycles. The van der Waals surface area contributed by atoms with Gasteiger partial charge in [0, 0.05) is 13.0 Å². The van der Waals surface area contributed by atoms with Crippen LogP contribution in [0.15, 0.2) is 12.3 Å². The number of carbonyl (C=O) groups is 1. The second kappa shape index (κ2) is 5.79. The van der Waals surface area contributed by atoms with Crippen molar-refractivity contribution < 1.29 is 4.79 Å². The summed E-state index contributed by atoms with van der Waals surface area (Å²) in [5, 5.41) is 2.81. The van der Waals surface area contributed by atoms with Crippen LogP contribution in [0.3, 0.4) is 0 Å². The van der Waals surface area contributed by atoms with Crippen molar-refractivity contribution >= 4 is 5.78 Å². The van der Waals surface area contributed by atoms with Crippen molar-refractivity contribution in [3.8, 4) is 0 Å². The number of Topliss-reactive ketones (excluding diaryl/α,β-unsaturated/α-hetero) is 1. The highest BCUT2D eigenvalue weighted by molar-refractivity contribution is 5.95. The van der Waals surface area contributed by atoms with Gasteiger partial charge in [0.2, 0.25) is 0 Å². The number of carbonyl (C=O) groups excluding carboxylic acids is 1. The summed E-state index contributed by atoms with van der Waals surface area (Å²) in [7, 11) is 1.74. The van der Waals surface area contributed by atoms with Crippen molar-refractivity contribution in [2.75, 3.05) is 7.05 Å². The highest BCUT2D eigenvalue weighted by Crippen LogP contribution is 2.18. The Kier molecular flexibility index (Phi) is 5.44. The van der Waals surface area contributed by atoms with Crippen molar-refractivity contribution in [2.45, 2.75) is 33.6 Å². The van der Waals surface area contributed by atoms with E-state index in [0.29, 0.717) is 11.6 Å². The molecule has 1 atom stereocenters. The van der Waals surface area contributed by atoms with Crippen LogP contribution in [0.5, 0.6) is 0 Å². The third kappa shape index (κ3) is 4.11. The minimum Gasteiger partial charge on any atom is -0.386 e. The molecule has 0 aromatic rings. The molecule has 0 bridgehead atoms. The Morgan fingerprint density at radius 2 is 2.00 bits per heavy atom. The fourth-order valence-electron chi connectivity index (χ4n) is 1.40. The third-order valence-electron chi connectivity index (χ3n) is 2.22. The number of rotatable bonds is 6. The van der Waals surface area contributed by atoms with Crippen molar-refractivity contribution in [3.05, 3.63) is 12.3 Å². The van der Waals surface area contributed by atoms with E-state index in [0.717, 1.165) is 12.8 Å². The van der Waals surface area contributed by atoms with E-state index in [1.165, 1.54) is 0 Å². The zero-order valence-corrected chi connectivity index (χ0v) is 9.18. The smallest absolute Gasteiger partial charge is 0.181 e. The molecule has 0 amide bonds. The molecule has 0 aliphatic heterocycles. The zero-order chi connectivity index (χ0) is 10.4. The first-order valence-corrected chi connectivity index (χ1v) is 4.93. The van der Waals surface area contributed by atoms with Gasteiger partial charge in [0.15, 0.2) is 5.78 Å². The lowest BCUT2D eigenvalue weighted by Gasteiger charge is -2.16. The van der Waals surface area contributed by atoms with Crippen molar-refractivity contribution in [1.29, 1.82) is 0 Å². The normalized spacial score (nSPS) is 12.7. The summed E-state index contributed by atoms with van der Waals surface area (Å²) in [6, 6.07) is 0. The van der Waals surface area contributed by atoms with Gasteiger partial charge in [-0.25, -0.2) is 0 Å². The topological polar surface area (TPSA) is 29.1 Å². The molecule has 0 saturated heterocycles. The van der Waals surface area contributed by atoms with Gasteiger partial charge in [-0.05, 0) is 18.8 Å². The first-order valence-electron chi connectivity index (χ1n) is 4.93. The summed E-state index contributed by atoms with van der Waals surface area (Å²) in [6.07, 6.45) is 1.85. The quantitative estimate of drug-likeness (QED) is 0.640. The van der Waals surface area contributed by atoms with Crippen molar-refractivity contribution in [3.63, 3.8) is 0 Å². The molecule has 13 heavy (non-hydrogen) atoms. The first kappa shape index (κ1) is 12.2. The maximum absolute atomic E-state index is 11.7. The molecule has 0 heterocycles. The van der Waals surface area contributed by atoms with E-state index in [4.69, 9.17) is 0 Å². The van der Waals surface area contributed by atoms with E-state index in [1.54, 1.807) is 7.05 Å². The molecule has 0 saturated carbocycles. The molecular formula is C11H21NO. The molecule has 0 rings (SSSR count). The second-order valence-electron chi connectivity index (χ2n) is 3.83. The average molecular weight is 183 g/mol. The molecule has 2 nitrogen and oxygen atoms in total. The van der Waals surface area contributed by atoms with E-state index in [2.05, 4.69) is 25.7 Å². The van der Waals surface area contributed by atoms with Gasteiger partial charge in [-0.15, -0.1) is 0 Å². The van der Waals surface area contributed by atoms with Crippen LogP contribution in [0.4, 0.5) is 0 Å². The van der Waals surface area contributed by atoms with Crippen LogP contribution in [0.1, 0.15) is 33.6 Å². The predicted octanol–water partition coefficient (Wildman–Crippen LogP) is 2.36. The van der Waals surface area contributed by atoms with Gasteiger partial charge in [0.1, 0.15) is 0 Å². The molecule has 0 aromatic carbocycles. The maximum Gasteiger partial charge on any atom is 0.181 e. The molecular weight excluding hydrogens is 162 g/mol. The van der Waals surface area contributed by atoms with Crippen LogP contribution < -0.4 is 5.32 Å². The van der Waals surface area contributed by atoms with Crippen LogP contribution in [0.25, 0.3) is 0 Å². The van der Waals surface area contributed by atoms with E-state index < -0.39 is 0 Å². The van der Waals surface area contributed by atoms with E-state index >= 15 is 0 Å². The van der Waals surface area contributed by atoms with Crippen LogP contribution >= 0.6 is 0 Å². The van der Waals surface area contributed by atoms with Gasteiger partial charge in [-0.3, -0.25) is 4.79 Å².